The summed E-state index contributed by atoms with van der Waals surface area (Å²) >= 11 is 0. The van der Waals surface area contributed by atoms with Crippen molar-refractivity contribution >= 4 is 5.78 Å². The summed E-state index contributed by atoms with van der Waals surface area (Å²) in [7, 11) is 3.20. The summed E-state index contributed by atoms with van der Waals surface area (Å²) in [6.45, 7) is 7.92. The third-order valence-electron chi connectivity index (χ3n) is 4.07. The standard InChI is InChI=1S/C16H24O3/c1-7-16(8-2,19-6)15(17)13-10-9-11(3)12(4)14(13)18-5/h9-10H,7-8H2,1-6H3. The Labute approximate surface area is 115 Å². The molecule has 0 aliphatic carbocycles. The first-order valence-electron chi connectivity index (χ1n) is 6.71. The van der Waals surface area contributed by atoms with Gasteiger partial charge < -0.3 is 9.47 Å². The number of rotatable bonds is 6. The Kier molecular flexibility index (Phi) is 5.12. The molecule has 1 aromatic rings. The van der Waals surface area contributed by atoms with Crippen LogP contribution in [0.1, 0.15) is 48.2 Å². The third kappa shape index (κ3) is 2.66. The van der Waals surface area contributed by atoms with Gasteiger partial charge in [-0.2, -0.15) is 0 Å². The van der Waals surface area contributed by atoms with Crippen LogP contribution in [0.3, 0.4) is 0 Å². The lowest BCUT2D eigenvalue weighted by molar-refractivity contribution is -0.00281. The Morgan fingerprint density at radius 3 is 2.16 bits per heavy atom. The molecule has 0 N–H and O–H groups in total. The molecule has 0 heterocycles. The number of Topliss-reactive ketones (excluding diaryl/α,β-unsaturated/α-hetero) is 1. The minimum absolute atomic E-state index is 0.0000463. The summed E-state index contributed by atoms with van der Waals surface area (Å²) < 4.78 is 10.9. The van der Waals surface area contributed by atoms with Crippen LogP contribution in [0.4, 0.5) is 0 Å². The highest BCUT2D eigenvalue weighted by Crippen LogP contribution is 2.32. The van der Waals surface area contributed by atoms with E-state index in [9.17, 15) is 4.79 Å². The van der Waals surface area contributed by atoms with Gasteiger partial charge in [0.15, 0.2) is 5.78 Å². The molecule has 1 rings (SSSR count). The maximum Gasteiger partial charge on any atom is 0.198 e. The maximum absolute atomic E-state index is 12.8. The van der Waals surface area contributed by atoms with Crippen LogP contribution >= 0.6 is 0 Å². The summed E-state index contributed by atoms with van der Waals surface area (Å²) in [5.74, 6) is 0.660. The molecule has 0 atom stereocenters. The van der Waals surface area contributed by atoms with Gasteiger partial charge in [0.25, 0.3) is 0 Å². The van der Waals surface area contributed by atoms with Crippen LogP contribution in [0, 0.1) is 13.8 Å². The van der Waals surface area contributed by atoms with Crippen LogP contribution in [-0.4, -0.2) is 25.6 Å². The number of ketones is 1. The number of carbonyl (C=O) groups is 1. The first-order chi connectivity index (χ1) is 8.97. The maximum atomic E-state index is 12.8. The van der Waals surface area contributed by atoms with Crippen molar-refractivity contribution in [3.8, 4) is 5.75 Å². The lowest BCUT2D eigenvalue weighted by Crippen LogP contribution is -2.39. The van der Waals surface area contributed by atoms with Crippen molar-refractivity contribution in [1.82, 2.24) is 0 Å². The summed E-state index contributed by atoms with van der Waals surface area (Å²) in [6.07, 6.45) is 1.30. The molecule has 3 nitrogen and oxygen atoms in total. The van der Waals surface area contributed by atoms with E-state index in [0.717, 1.165) is 11.1 Å². The van der Waals surface area contributed by atoms with Gasteiger partial charge in [0, 0.05) is 7.11 Å². The summed E-state index contributed by atoms with van der Waals surface area (Å²) in [5, 5.41) is 0. The summed E-state index contributed by atoms with van der Waals surface area (Å²) in [5.41, 5.74) is 1.97. The molecule has 0 aliphatic rings. The van der Waals surface area contributed by atoms with Gasteiger partial charge in [0.2, 0.25) is 0 Å². The van der Waals surface area contributed by atoms with Crippen LogP contribution in [-0.2, 0) is 4.74 Å². The largest absolute Gasteiger partial charge is 0.496 e. The normalized spacial score (nSPS) is 11.5. The third-order valence-corrected chi connectivity index (χ3v) is 4.07. The van der Waals surface area contributed by atoms with Crippen molar-refractivity contribution in [2.45, 2.75) is 46.1 Å². The average Bonchev–Trinajstić information content (AvgIpc) is 2.44. The smallest absolute Gasteiger partial charge is 0.198 e. The fraction of sp³-hybridized carbons (Fsp3) is 0.562. The molecule has 0 spiro atoms. The molecule has 0 aliphatic heterocycles. The molecular weight excluding hydrogens is 240 g/mol. The lowest BCUT2D eigenvalue weighted by atomic mass is 9.86. The molecule has 0 amide bonds. The Morgan fingerprint density at radius 1 is 1.16 bits per heavy atom. The number of aryl methyl sites for hydroxylation is 1. The SMILES string of the molecule is CCC(CC)(OC)C(=O)c1ccc(C)c(C)c1OC. The second kappa shape index (κ2) is 6.20. The minimum atomic E-state index is -0.755. The molecule has 0 aromatic heterocycles. The molecule has 19 heavy (non-hydrogen) atoms. The van der Waals surface area contributed by atoms with Gasteiger partial charge in [0.05, 0.1) is 12.7 Å². The Balaban J connectivity index is 3.38. The lowest BCUT2D eigenvalue weighted by Gasteiger charge is -2.29. The zero-order chi connectivity index (χ0) is 14.6. The van der Waals surface area contributed by atoms with Gasteiger partial charge in [-0.15, -0.1) is 0 Å². The van der Waals surface area contributed by atoms with Crippen molar-refractivity contribution in [3.63, 3.8) is 0 Å². The highest BCUT2D eigenvalue weighted by atomic mass is 16.5. The number of benzene rings is 1. The number of hydrogen-bond acceptors (Lipinski definition) is 3. The topological polar surface area (TPSA) is 35.5 Å². The van der Waals surface area contributed by atoms with E-state index in [1.54, 1.807) is 14.2 Å². The second-order valence-corrected chi connectivity index (χ2v) is 4.82. The van der Waals surface area contributed by atoms with E-state index in [4.69, 9.17) is 9.47 Å². The monoisotopic (exact) mass is 264 g/mol. The second-order valence-electron chi connectivity index (χ2n) is 4.82. The Hall–Kier alpha value is -1.35. The molecule has 0 radical (unpaired) electrons. The van der Waals surface area contributed by atoms with Crippen molar-refractivity contribution in [2.75, 3.05) is 14.2 Å². The zero-order valence-corrected chi connectivity index (χ0v) is 12.8. The first kappa shape index (κ1) is 15.7. The van der Waals surface area contributed by atoms with Gasteiger partial charge in [-0.05, 0) is 43.9 Å². The van der Waals surface area contributed by atoms with Gasteiger partial charge >= 0.3 is 0 Å². The number of methoxy groups -OCH3 is 2. The van der Waals surface area contributed by atoms with E-state index in [0.29, 0.717) is 24.2 Å². The van der Waals surface area contributed by atoms with Gasteiger partial charge in [-0.1, -0.05) is 19.9 Å². The molecule has 1 aromatic carbocycles. The van der Waals surface area contributed by atoms with E-state index in [-0.39, 0.29) is 5.78 Å². The van der Waals surface area contributed by atoms with Gasteiger partial charge in [-0.3, -0.25) is 4.79 Å². The molecule has 3 heteroatoms. The van der Waals surface area contributed by atoms with E-state index < -0.39 is 5.60 Å². The fourth-order valence-electron chi connectivity index (χ4n) is 2.43. The van der Waals surface area contributed by atoms with Crippen LogP contribution in [0.5, 0.6) is 5.75 Å². The van der Waals surface area contributed by atoms with Crippen LogP contribution in [0.2, 0.25) is 0 Å². The predicted octanol–water partition coefficient (Wildman–Crippen LogP) is 3.70. The molecular formula is C16H24O3. The van der Waals surface area contributed by atoms with Crippen LogP contribution < -0.4 is 4.74 Å². The van der Waals surface area contributed by atoms with E-state index >= 15 is 0 Å². The Bertz CT molecular complexity index is 451. The summed E-state index contributed by atoms with van der Waals surface area (Å²) in [4.78, 5) is 12.8. The highest BCUT2D eigenvalue weighted by Gasteiger charge is 2.37. The molecule has 0 saturated heterocycles. The van der Waals surface area contributed by atoms with E-state index in [1.165, 1.54) is 0 Å². The van der Waals surface area contributed by atoms with Crippen LogP contribution in [0.15, 0.2) is 12.1 Å². The van der Waals surface area contributed by atoms with E-state index in [2.05, 4.69) is 0 Å². The van der Waals surface area contributed by atoms with Gasteiger partial charge in [0.1, 0.15) is 11.4 Å². The number of carbonyl (C=O) groups excluding carboxylic acids is 1. The van der Waals surface area contributed by atoms with Crippen molar-refractivity contribution < 1.29 is 14.3 Å². The number of ether oxygens (including phenoxy) is 2. The minimum Gasteiger partial charge on any atom is -0.496 e. The molecule has 0 fully saturated rings. The van der Waals surface area contributed by atoms with Crippen molar-refractivity contribution in [1.29, 1.82) is 0 Å². The Morgan fingerprint density at radius 2 is 1.74 bits per heavy atom. The molecule has 0 bridgehead atoms. The fourth-order valence-corrected chi connectivity index (χ4v) is 2.43. The van der Waals surface area contributed by atoms with Crippen molar-refractivity contribution in [2.24, 2.45) is 0 Å². The summed E-state index contributed by atoms with van der Waals surface area (Å²) in [6, 6.07) is 3.79. The average molecular weight is 264 g/mol. The zero-order valence-electron chi connectivity index (χ0n) is 12.8. The van der Waals surface area contributed by atoms with Crippen LogP contribution in [0.25, 0.3) is 0 Å². The highest BCUT2D eigenvalue weighted by molar-refractivity contribution is 6.05. The first-order valence-corrected chi connectivity index (χ1v) is 6.71. The quantitative estimate of drug-likeness (QED) is 0.735. The van der Waals surface area contributed by atoms with Gasteiger partial charge in [-0.25, -0.2) is 0 Å². The van der Waals surface area contributed by atoms with E-state index in [1.807, 2.05) is 39.8 Å². The molecule has 0 unspecified atom stereocenters. The van der Waals surface area contributed by atoms with Crippen molar-refractivity contribution in [3.05, 3.63) is 28.8 Å². The molecule has 106 valence electrons. The molecule has 0 saturated carbocycles. The predicted molar refractivity (Wildman–Crippen MR) is 77.1 cm³/mol. The number of hydrogen-bond donors (Lipinski definition) is 0.